The molecule has 0 saturated carbocycles. The summed E-state index contributed by atoms with van der Waals surface area (Å²) in [5.74, 6) is 0.793. The van der Waals surface area contributed by atoms with Crippen LogP contribution in [0.5, 0.6) is 5.75 Å². The summed E-state index contributed by atoms with van der Waals surface area (Å²) < 4.78 is 10.5. The minimum absolute atomic E-state index is 0.225. The zero-order chi connectivity index (χ0) is 14.1. The van der Waals surface area contributed by atoms with E-state index in [9.17, 15) is 5.11 Å². The predicted octanol–water partition coefficient (Wildman–Crippen LogP) is 1.61. The zero-order valence-corrected chi connectivity index (χ0v) is 12.1. The van der Waals surface area contributed by atoms with Crippen LogP contribution in [0.2, 0.25) is 0 Å². The molecule has 19 heavy (non-hydrogen) atoms. The number of methoxy groups -OCH3 is 1. The molecule has 0 spiro atoms. The summed E-state index contributed by atoms with van der Waals surface area (Å²) in [4.78, 5) is 0. The van der Waals surface area contributed by atoms with Crippen LogP contribution in [-0.2, 0) is 11.2 Å². The molecule has 0 fully saturated rings. The van der Waals surface area contributed by atoms with Crippen molar-refractivity contribution >= 4 is 0 Å². The number of rotatable bonds is 9. The van der Waals surface area contributed by atoms with Crippen LogP contribution in [0.4, 0.5) is 0 Å². The molecule has 0 aliphatic rings. The molecule has 0 radical (unpaired) electrons. The third-order valence-corrected chi connectivity index (χ3v) is 2.89. The van der Waals surface area contributed by atoms with Crippen molar-refractivity contribution in [1.82, 2.24) is 5.32 Å². The maximum absolute atomic E-state index is 9.80. The first-order valence-corrected chi connectivity index (χ1v) is 6.77. The van der Waals surface area contributed by atoms with Crippen molar-refractivity contribution in [2.24, 2.45) is 0 Å². The first kappa shape index (κ1) is 16.0. The number of aliphatic hydroxyl groups is 1. The SMILES string of the molecule is CCc1ccc(OCC(O)CNC(C)COC)cc1. The molecule has 0 heterocycles. The molecule has 1 rings (SSSR count). The average Bonchev–Trinajstić information content (AvgIpc) is 2.44. The van der Waals surface area contributed by atoms with Gasteiger partial charge in [-0.25, -0.2) is 0 Å². The molecule has 4 heteroatoms. The van der Waals surface area contributed by atoms with Crippen molar-refractivity contribution in [1.29, 1.82) is 0 Å². The van der Waals surface area contributed by atoms with Gasteiger partial charge in [-0.1, -0.05) is 19.1 Å². The van der Waals surface area contributed by atoms with Crippen molar-refractivity contribution in [3.63, 3.8) is 0 Å². The maximum Gasteiger partial charge on any atom is 0.119 e. The van der Waals surface area contributed by atoms with Gasteiger partial charge in [-0.2, -0.15) is 0 Å². The Morgan fingerprint density at radius 2 is 1.89 bits per heavy atom. The summed E-state index contributed by atoms with van der Waals surface area (Å²) in [6, 6.07) is 8.18. The summed E-state index contributed by atoms with van der Waals surface area (Å²) in [6.45, 7) is 5.55. The molecule has 0 aliphatic carbocycles. The van der Waals surface area contributed by atoms with Gasteiger partial charge in [0.2, 0.25) is 0 Å². The first-order chi connectivity index (χ1) is 9.15. The Bertz CT molecular complexity index is 340. The Balaban J connectivity index is 2.23. The molecule has 1 aromatic carbocycles. The highest BCUT2D eigenvalue weighted by atomic mass is 16.5. The summed E-state index contributed by atoms with van der Waals surface area (Å²) in [5.41, 5.74) is 1.28. The fraction of sp³-hybridized carbons (Fsp3) is 0.600. The Morgan fingerprint density at radius 1 is 1.21 bits per heavy atom. The van der Waals surface area contributed by atoms with Crippen molar-refractivity contribution in [2.45, 2.75) is 32.4 Å². The van der Waals surface area contributed by atoms with E-state index in [-0.39, 0.29) is 12.6 Å². The molecule has 2 atom stereocenters. The van der Waals surface area contributed by atoms with Crippen LogP contribution in [0.3, 0.4) is 0 Å². The summed E-state index contributed by atoms with van der Waals surface area (Å²) in [5, 5.41) is 13.0. The Labute approximate surface area is 115 Å². The van der Waals surface area contributed by atoms with Crippen molar-refractivity contribution in [2.75, 3.05) is 26.9 Å². The molecular formula is C15H25NO3. The second-order valence-electron chi connectivity index (χ2n) is 4.73. The number of ether oxygens (including phenoxy) is 2. The summed E-state index contributed by atoms with van der Waals surface area (Å²) in [6.07, 6.45) is 0.495. The minimum Gasteiger partial charge on any atom is -0.491 e. The van der Waals surface area contributed by atoms with Crippen LogP contribution in [0, 0.1) is 0 Å². The number of benzene rings is 1. The van der Waals surface area contributed by atoms with Gasteiger partial charge >= 0.3 is 0 Å². The molecule has 0 aromatic heterocycles. The van der Waals surface area contributed by atoms with Crippen LogP contribution in [-0.4, -0.2) is 44.1 Å². The third-order valence-electron chi connectivity index (χ3n) is 2.89. The molecular weight excluding hydrogens is 242 g/mol. The van der Waals surface area contributed by atoms with E-state index in [1.807, 2.05) is 31.2 Å². The lowest BCUT2D eigenvalue weighted by Crippen LogP contribution is -2.38. The fourth-order valence-corrected chi connectivity index (χ4v) is 1.72. The highest BCUT2D eigenvalue weighted by Crippen LogP contribution is 2.12. The highest BCUT2D eigenvalue weighted by Gasteiger charge is 2.07. The number of aliphatic hydroxyl groups excluding tert-OH is 1. The van der Waals surface area contributed by atoms with Crippen molar-refractivity contribution in [3.05, 3.63) is 29.8 Å². The van der Waals surface area contributed by atoms with Gasteiger partial charge in [0.15, 0.2) is 0 Å². The van der Waals surface area contributed by atoms with E-state index in [0.29, 0.717) is 13.2 Å². The van der Waals surface area contributed by atoms with E-state index < -0.39 is 6.10 Å². The van der Waals surface area contributed by atoms with Gasteiger partial charge in [0.05, 0.1) is 6.61 Å². The standard InChI is InChI=1S/C15H25NO3/c1-4-13-5-7-15(8-6-13)19-11-14(17)9-16-12(2)10-18-3/h5-8,12,14,16-17H,4,9-11H2,1-3H3. The fourth-order valence-electron chi connectivity index (χ4n) is 1.72. The third kappa shape index (κ3) is 6.57. The monoisotopic (exact) mass is 267 g/mol. The second kappa shape index (κ2) is 8.91. The zero-order valence-electron chi connectivity index (χ0n) is 12.1. The lowest BCUT2D eigenvalue weighted by molar-refractivity contribution is 0.0973. The van der Waals surface area contributed by atoms with E-state index in [0.717, 1.165) is 12.2 Å². The molecule has 4 nitrogen and oxygen atoms in total. The lowest BCUT2D eigenvalue weighted by Gasteiger charge is -2.17. The lowest BCUT2D eigenvalue weighted by atomic mass is 10.2. The molecule has 2 unspecified atom stereocenters. The smallest absolute Gasteiger partial charge is 0.119 e. The largest absolute Gasteiger partial charge is 0.491 e. The van der Waals surface area contributed by atoms with Crippen LogP contribution in [0.15, 0.2) is 24.3 Å². The van der Waals surface area contributed by atoms with E-state index in [4.69, 9.17) is 9.47 Å². The van der Waals surface area contributed by atoms with Gasteiger partial charge in [0, 0.05) is 19.7 Å². The average molecular weight is 267 g/mol. The van der Waals surface area contributed by atoms with Gasteiger partial charge in [0.1, 0.15) is 18.5 Å². The number of nitrogens with one attached hydrogen (secondary N) is 1. The summed E-state index contributed by atoms with van der Waals surface area (Å²) >= 11 is 0. The van der Waals surface area contributed by atoms with E-state index >= 15 is 0 Å². The normalized spacial score (nSPS) is 14.1. The molecule has 108 valence electrons. The number of hydrogen-bond donors (Lipinski definition) is 2. The molecule has 2 N–H and O–H groups in total. The molecule has 0 amide bonds. The predicted molar refractivity (Wildman–Crippen MR) is 76.7 cm³/mol. The molecule has 1 aromatic rings. The van der Waals surface area contributed by atoms with Crippen LogP contribution < -0.4 is 10.1 Å². The van der Waals surface area contributed by atoms with Gasteiger partial charge in [0.25, 0.3) is 0 Å². The van der Waals surface area contributed by atoms with E-state index in [2.05, 4.69) is 12.2 Å². The molecule has 0 saturated heterocycles. The van der Waals surface area contributed by atoms with Crippen molar-refractivity contribution in [3.8, 4) is 5.75 Å². The van der Waals surface area contributed by atoms with Gasteiger partial charge < -0.3 is 19.9 Å². The topological polar surface area (TPSA) is 50.7 Å². The Kier molecular flexibility index (Phi) is 7.48. The second-order valence-corrected chi connectivity index (χ2v) is 4.73. The Hall–Kier alpha value is -1.10. The maximum atomic E-state index is 9.80. The van der Waals surface area contributed by atoms with Crippen LogP contribution in [0.25, 0.3) is 0 Å². The van der Waals surface area contributed by atoms with Crippen LogP contribution in [0.1, 0.15) is 19.4 Å². The summed E-state index contributed by atoms with van der Waals surface area (Å²) in [7, 11) is 1.66. The first-order valence-electron chi connectivity index (χ1n) is 6.77. The molecule has 0 aliphatic heterocycles. The van der Waals surface area contributed by atoms with Crippen LogP contribution >= 0.6 is 0 Å². The van der Waals surface area contributed by atoms with E-state index in [1.165, 1.54) is 5.56 Å². The highest BCUT2D eigenvalue weighted by molar-refractivity contribution is 5.27. The van der Waals surface area contributed by atoms with Gasteiger partial charge in [-0.3, -0.25) is 0 Å². The van der Waals surface area contributed by atoms with E-state index in [1.54, 1.807) is 7.11 Å². The number of aryl methyl sites for hydroxylation is 1. The van der Waals surface area contributed by atoms with Gasteiger partial charge in [-0.05, 0) is 31.0 Å². The van der Waals surface area contributed by atoms with Crippen molar-refractivity contribution < 1.29 is 14.6 Å². The minimum atomic E-state index is -0.523. The molecule has 0 bridgehead atoms. The quantitative estimate of drug-likeness (QED) is 0.714. The Morgan fingerprint density at radius 3 is 2.47 bits per heavy atom. The van der Waals surface area contributed by atoms with Gasteiger partial charge in [-0.15, -0.1) is 0 Å². The number of hydrogen-bond acceptors (Lipinski definition) is 4.